The van der Waals surface area contributed by atoms with Crippen LogP contribution in [0.25, 0.3) is 0 Å². The largest absolute Gasteiger partial charge is 0.386 e. The molecule has 0 aromatic heterocycles. The van der Waals surface area contributed by atoms with Gasteiger partial charge in [0.25, 0.3) is 5.91 Å². The van der Waals surface area contributed by atoms with Crippen LogP contribution in [-0.2, 0) is 0 Å². The molecule has 0 spiro atoms. The SMILES string of the molecule is CC(C)C1(O)CN(C(=O)c2ccc(F)cc2I)C1. The number of carbonyl (C=O) groups is 1. The number of likely N-dealkylation sites (tertiary alicyclic amines) is 1. The van der Waals surface area contributed by atoms with Crippen LogP contribution in [-0.4, -0.2) is 34.6 Å². The summed E-state index contributed by atoms with van der Waals surface area (Å²) in [7, 11) is 0. The van der Waals surface area contributed by atoms with Gasteiger partial charge in [-0.3, -0.25) is 4.79 Å². The van der Waals surface area contributed by atoms with E-state index >= 15 is 0 Å². The zero-order valence-electron chi connectivity index (χ0n) is 10.3. The number of amides is 1. The van der Waals surface area contributed by atoms with Crippen molar-refractivity contribution < 1.29 is 14.3 Å². The molecule has 0 radical (unpaired) electrons. The lowest BCUT2D eigenvalue weighted by Crippen LogP contribution is -2.66. The maximum Gasteiger partial charge on any atom is 0.255 e. The Kier molecular flexibility index (Phi) is 3.64. The summed E-state index contributed by atoms with van der Waals surface area (Å²) < 4.78 is 13.6. The van der Waals surface area contributed by atoms with Crippen molar-refractivity contribution in [2.24, 2.45) is 5.92 Å². The molecule has 5 heteroatoms. The van der Waals surface area contributed by atoms with Crippen LogP contribution < -0.4 is 0 Å². The first-order valence-corrected chi connectivity index (χ1v) is 6.88. The molecule has 1 aliphatic rings. The van der Waals surface area contributed by atoms with E-state index in [9.17, 15) is 14.3 Å². The minimum absolute atomic E-state index is 0.119. The van der Waals surface area contributed by atoms with Gasteiger partial charge >= 0.3 is 0 Å². The highest BCUT2D eigenvalue weighted by Gasteiger charge is 2.46. The van der Waals surface area contributed by atoms with Crippen LogP contribution in [0.5, 0.6) is 0 Å². The lowest BCUT2D eigenvalue weighted by atomic mass is 9.82. The molecule has 2 rings (SSSR count). The Morgan fingerprint density at radius 3 is 2.61 bits per heavy atom. The predicted octanol–water partition coefficient (Wildman–Crippen LogP) is 2.27. The van der Waals surface area contributed by atoms with Gasteiger partial charge in [0.05, 0.1) is 18.7 Å². The minimum Gasteiger partial charge on any atom is -0.386 e. The third-order valence-corrected chi connectivity index (χ3v) is 4.35. The van der Waals surface area contributed by atoms with Crippen LogP contribution in [0.2, 0.25) is 0 Å². The molecule has 1 amide bonds. The molecule has 18 heavy (non-hydrogen) atoms. The van der Waals surface area contributed by atoms with E-state index in [1.54, 1.807) is 4.90 Å². The number of rotatable bonds is 2. The van der Waals surface area contributed by atoms with Crippen LogP contribution in [0.3, 0.4) is 0 Å². The summed E-state index contributed by atoms with van der Waals surface area (Å²) in [4.78, 5) is 13.7. The molecule has 0 atom stereocenters. The van der Waals surface area contributed by atoms with Gasteiger partial charge in [-0.1, -0.05) is 13.8 Å². The Morgan fingerprint density at radius 1 is 1.50 bits per heavy atom. The first-order valence-electron chi connectivity index (χ1n) is 5.80. The van der Waals surface area contributed by atoms with Crippen LogP contribution in [0.1, 0.15) is 24.2 Å². The van der Waals surface area contributed by atoms with Crippen molar-refractivity contribution in [1.82, 2.24) is 4.90 Å². The van der Waals surface area contributed by atoms with Crippen LogP contribution >= 0.6 is 22.6 Å². The highest BCUT2D eigenvalue weighted by Crippen LogP contribution is 2.30. The number of carbonyl (C=O) groups excluding carboxylic acids is 1. The second-order valence-corrected chi connectivity index (χ2v) is 6.21. The molecule has 1 aromatic rings. The van der Waals surface area contributed by atoms with E-state index in [-0.39, 0.29) is 17.6 Å². The fraction of sp³-hybridized carbons (Fsp3) is 0.462. The van der Waals surface area contributed by atoms with E-state index in [0.29, 0.717) is 22.2 Å². The number of nitrogens with zero attached hydrogens (tertiary/aromatic N) is 1. The molecule has 1 aromatic carbocycles. The molecule has 0 aliphatic carbocycles. The van der Waals surface area contributed by atoms with Gasteiger partial charge in [0.1, 0.15) is 11.4 Å². The molecule has 1 N–H and O–H groups in total. The number of aliphatic hydroxyl groups is 1. The van der Waals surface area contributed by atoms with Crippen molar-refractivity contribution in [1.29, 1.82) is 0 Å². The number of hydrogen-bond donors (Lipinski definition) is 1. The van der Waals surface area contributed by atoms with E-state index in [2.05, 4.69) is 0 Å². The fourth-order valence-electron chi connectivity index (χ4n) is 1.96. The van der Waals surface area contributed by atoms with Crippen molar-refractivity contribution in [3.8, 4) is 0 Å². The molecule has 0 saturated carbocycles. The summed E-state index contributed by atoms with van der Waals surface area (Å²) >= 11 is 1.95. The summed E-state index contributed by atoms with van der Waals surface area (Å²) in [6.07, 6.45) is 0. The van der Waals surface area contributed by atoms with Gasteiger partial charge in [-0.25, -0.2) is 4.39 Å². The quantitative estimate of drug-likeness (QED) is 0.820. The Morgan fingerprint density at radius 2 is 2.11 bits per heavy atom. The van der Waals surface area contributed by atoms with Crippen LogP contribution in [0.4, 0.5) is 4.39 Å². The van der Waals surface area contributed by atoms with Crippen molar-refractivity contribution in [3.63, 3.8) is 0 Å². The summed E-state index contributed by atoms with van der Waals surface area (Å²) in [6.45, 7) is 4.56. The van der Waals surface area contributed by atoms with E-state index < -0.39 is 5.60 Å². The molecule has 0 bridgehead atoms. The highest BCUT2D eigenvalue weighted by atomic mass is 127. The Labute approximate surface area is 119 Å². The molecule has 1 saturated heterocycles. The second-order valence-electron chi connectivity index (χ2n) is 5.04. The Hall–Kier alpha value is -0.690. The third kappa shape index (κ3) is 2.38. The van der Waals surface area contributed by atoms with Gasteiger partial charge in [-0.15, -0.1) is 0 Å². The van der Waals surface area contributed by atoms with Gasteiger partial charge in [0, 0.05) is 3.57 Å². The lowest BCUT2D eigenvalue weighted by Gasteiger charge is -2.49. The molecule has 1 aliphatic heterocycles. The van der Waals surface area contributed by atoms with Crippen LogP contribution in [0, 0.1) is 15.3 Å². The van der Waals surface area contributed by atoms with Crippen molar-refractivity contribution in [2.45, 2.75) is 19.4 Å². The van der Waals surface area contributed by atoms with Gasteiger partial charge in [0.2, 0.25) is 0 Å². The van der Waals surface area contributed by atoms with Crippen molar-refractivity contribution in [3.05, 3.63) is 33.1 Å². The van der Waals surface area contributed by atoms with E-state index in [0.717, 1.165) is 0 Å². The van der Waals surface area contributed by atoms with Gasteiger partial charge < -0.3 is 10.0 Å². The second kappa shape index (κ2) is 4.77. The molecule has 1 fully saturated rings. The van der Waals surface area contributed by atoms with Gasteiger partial charge in [-0.2, -0.15) is 0 Å². The highest BCUT2D eigenvalue weighted by molar-refractivity contribution is 14.1. The number of hydrogen-bond acceptors (Lipinski definition) is 2. The minimum atomic E-state index is -0.777. The molecular formula is C13H15FINO2. The third-order valence-electron chi connectivity index (χ3n) is 3.45. The monoisotopic (exact) mass is 363 g/mol. The van der Waals surface area contributed by atoms with E-state index in [4.69, 9.17) is 0 Å². The average molecular weight is 363 g/mol. The summed E-state index contributed by atoms with van der Waals surface area (Å²) in [5, 5.41) is 10.1. The molecule has 0 unspecified atom stereocenters. The van der Waals surface area contributed by atoms with Gasteiger partial charge in [0.15, 0.2) is 0 Å². The standard InChI is InChI=1S/C13H15FINO2/c1-8(2)13(18)6-16(7-13)12(17)10-4-3-9(14)5-11(10)15/h3-5,8,18H,6-7H2,1-2H3. The zero-order valence-corrected chi connectivity index (χ0v) is 12.4. The summed E-state index contributed by atoms with van der Waals surface area (Å²) in [5.41, 5.74) is -0.288. The maximum absolute atomic E-state index is 13.0. The number of halogens is 2. The average Bonchev–Trinajstić information content (AvgIpc) is 2.23. The number of benzene rings is 1. The van der Waals surface area contributed by atoms with E-state index in [1.165, 1.54) is 18.2 Å². The summed E-state index contributed by atoms with van der Waals surface area (Å²) in [6, 6.07) is 4.11. The van der Waals surface area contributed by atoms with Crippen molar-refractivity contribution >= 4 is 28.5 Å². The Balaban J connectivity index is 2.11. The van der Waals surface area contributed by atoms with Gasteiger partial charge in [-0.05, 0) is 46.7 Å². The first-order chi connectivity index (χ1) is 8.33. The van der Waals surface area contributed by atoms with E-state index in [1.807, 2.05) is 36.4 Å². The molecule has 98 valence electrons. The molecular weight excluding hydrogens is 348 g/mol. The smallest absolute Gasteiger partial charge is 0.255 e. The van der Waals surface area contributed by atoms with Crippen LogP contribution in [0.15, 0.2) is 18.2 Å². The predicted molar refractivity (Wildman–Crippen MR) is 74.8 cm³/mol. The molecule has 1 heterocycles. The maximum atomic E-state index is 13.0. The first kappa shape index (κ1) is 13.7. The summed E-state index contributed by atoms with van der Waals surface area (Å²) in [5.74, 6) is -0.378. The normalized spacial score (nSPS) is 17.8. The Bertz CT molecular complexity index is 484. The number of β-amino-alcohol motifs (C(OH)–C–C–N with tert-alkyl or cyclic N) is 1. The zero-order chi connectivity index (χ0) is 13.5. The van der Waals surface area contributed by atoms with Crippen molar-refractivity contribution in [2.75, 3.05) is 13.1 Å². The topological polar surface area (TPSA) is 40.5 Å². The lowest BCUT2D eigenvalue weighted by molar-refractivity contribution is -0.110. The molecule has 3 nitrogen and oxygen atoms in total. The fourth-order valence-corrected chi connectivity index (χ4v) is 2.66.